The molecule has 0 atom stereocenters. The van der Waals surface area contributed by atoms with Gasteiger partial charge in [-0.1, -0.05) is 12.1 Å². The minimum atomic E-state index is -3.05. The van der Waals surface area contributed by atoms with E-state index in [9.17, 15) is 18.4 Å². The van der Waals surface area contributed by atoms with Crippen molar-refractivity contribution in [2.45, 2.75) is 6.61 Å². The number of carboxylic acid groups (broad SMARTS) is 1. The molecule has 7 nitrogen and oxygen atoms in total. The third-order valence-electron chi connectivity index (χ3n) is 2.74. The number of carbonyl (C=O) groups is 2. The number of para-hydroxylation sites is 2. The lowest BCUT2D eigenvalue weighted by atomic mass is 10.2. The monoisotopic (exact) mass is 311 g/mol. The number of alkyl halides is 2. The molecule has 1 aromatic carbocycles. The predicted octanol–water partition coefficient (Wildman–Crippen LogP) is 1.97. The standard InChI is InChI=1S/C13H11F2N3O4/c1-18-10(7(6-16-18)12(20)21)11(19)17-8-4-2-3-5-9(8)22-13(14)15/h2-6,13H,1H3,(H,17,19)(H,20,21). The second-order valence-electron chi connectivity index (χ2n) is 4.16. The Bertz CT molecular complexity index is 715. The van der Waals surface area contributed by atoms with Gasteiger partial charge in [-0.3, -0.25) is 9.48 Å². The first-order chi connectivity index (χ1) is 10.4. The van der Waals surface area contributed by atoms with E-state index < -0.39 is 18.5 Å². The fourth-order valence-corrected chi connectivity index (χ4v) is 1.81. The molecule has 2 N–H and O–H groups in total. The van der Waals surface area contributed by atoms with Gasteiger partial charge in [-0.2, -0.15) is 13.9 Å². The van der Waals surface area contributed by atoms with Gasteiger partial charge in [0.15, 0.2) is 0 Å². The second kappa shape index (κ2) is 6.20. The topological polar surface area (TPSA) is 93.5 Å². The summed E-state index contributed by atoms with van der Waals surface area (Å²) in [6.45, 7) is -3.05. The van der Waals surface area contributed by atoms with Crippen LogP contribution in [0.4, 0.5) is 14.5 Å². The van der Waals surface area contributed by atoms with Crippen LogP contribution in [0.1, 0.15) is 20.8 Å². The van der Waals surface area contributed by atoms with Crippen LogP contribution < -0.4 is 10.1 Å². The number of aromatic carboxylic acids is 1. The number of carbonyl (C=O) groups excluding carboxylic acids is 1. The van der Waals surface area contributed by atoms with Crippen molar-refractivity contribution in [3.63, 3.8) is 0 Å². The molecule has 1 amide bonds. The summed E-state index contributed by atoms with van der Waals surface area (Å²) in [6.07, 6.45) is 1.03. The number of nitrogens with zero attached hydrogens (tertiary/aromatic N) is 2. The van der Waals surface area contributed by atoms with Gasteiger partial charge in [-0.25, -0.2) is 4.79 Å². The number of ether oxygens (including phenoxy) is 1. The highest BCUT2D eigenvalue weighted by Crippen LogP contribution is 2.26. The molecule has 116 valence electrons. The minimum Gasteiger partial charge on any atom is -0.478 e. The Kier molecular flexibility index (Phi) is 4.35. The predicted molar refractivity (Wildman–Crippen MR) is 71.2 cm³/mol. The molecule has 0 radical (unpaired) electrons. The molecule has 0 saturated heterocycles. The Balaban J connectivity index is 2.30. The minimum absolute atomic E-state index is 0.00895. The van der Waals surface area contributed by atoms with E-state index in [1.54, 1.807) is 0 Å². The number of amides is 1. The van der Waals surface area contributed by atoms with Gasteiger partial charge < -0.3 is 15.2 Å². The maximum Gasteiger partial charge on any atom is 0.387 e. The van der Waals surface area contributed by atoms with Crippen LogP contribution >= 0.6 is 0 Å². The number of benzene rings is 1. The van der Waals surface area contributed by atoms with E-state index in [1.165, 1.54) is 31.3 Å². The van der Waals surface area contributed by atoms with E-state index in [0.29, 0.717) is 0 Å². The number of rotatable bonds is 5. The van der Waals surface area contributed by atoms with Crippen LogP contribution in [-0.2, 0) is 7.05 Å². The third-order valence-corrected chi connectivity index (χ3v) is 2.74. The average Bonchev–Trinajstić information content (AvgIpc) is 2.82. The number of halogens is 2. The maximum atomic E-state index is 12.3. The Hall–Kier alpha value is -2.97. The van der Waals surface area contributed by atoms with Gasteiger partial charge in [-0.15, -0.1) is 0 Å². The summed E-state index contributed by atoms with van der Waals surface area (Å²) in [5, 5.41) is 15.0. The summed E-state index contributed by atoms with van der Waals surface area (Å²) in [5.41, 5.74) is -0.517. The highest BCUT2D eigenvalue weighted by atomic mass is 19.3. The average molecular weight is 311 g/mol. The Morgan fingerprint density at radius 3 is 2.68 bits per heavy atom. The normalized spacial score (nSPS) is 10.5. The Labute approximate surface area is 123 Å². The van der Waals surface area contributed by atoms with Crippen molar-refractivity contribution in [2.24, 2.45) is 7.05 Å². The number of hydrogen-bond donors (Lipinski definition) is 2. The van der Waals surface area contributed by atoms with Crippen LogP contribution in [0.5, 0.6) is 5.75 Å². The molecule has 0 aliphatic carbocycles. The Morgan fingerprint density at radius 2 is 2.05 bits per heavy atom. The van der Waals surface area contributed by atoms with Gasteiger partial charge in [0.05, 0.1) is 11.9 Å². The van der Waals surface area contributed by atoms with Gasteiger partial charge in [0.1, 0.15) is 17.0 Å². The van der Waals surface area contributed by atoms with Crippen molar-refractivity contribution in [3.8, 4) is 5.75 Å². The molecular formula is C13H11F2N3O4. The molecule has 0 fully saturated rings. The lowest BCUT2D eigenvalue weighted by Crippen LogP contribution is -2.20. The fourth-order valence-electron chi connectivity index (χ4n) is 1.81. The zero-order valence-corrected chi connectivity index (χ0v) is 11.3. The van der Waals surface area contributed by atoms with Crippen LogP contribution in [0, 0.1) is 0 Å². The van der Waals surface area contributed by atoms with E-state index in [1.807, 2.05) is 0 Å². The number of anilines is 1. The van der Waals surface area contributed by atoms with Crippen molar-refractivity contribution in [2.75, 3.05) is 5.32 Å². The molecule has 2 aromatic rings. The fraction of sp³-hybridized carbons (Fsp3) is 0.154. The molecule has 22 heavy (non-hydrogen) atoms. The van der Waals surface area contributed by atoms with Crippen LogP contribution in [0.3, 0.4) is 0 Å². The van der Waals surface area contributed by atoms with E-state index in [-0.39, 0.29) is 22.7 Å². The van der Waals surface area contributed by atoms with Gasteiger partial charge in [0.25, 0.3) is 5.91 Å². The summed E-state index contributed by atoms with van der Waals surface area (Å²) in [4.78, 5) is 23.2. The lowest BCUT2D eigenvalue weighted by Gasteiger charge is -2.12. The molecule has 0 aliphatic rings. The number of aryl methyl sites for hydroxylation is 1. The smallest absolute Gasteiger partial charge is 0.387 e. The lowest BCUT2D eigenvalue weighted by molar-refractivity contribution is -0.0493. The number of aromatic nitrogens is 2. The molecule has 0 aliphatic heterocycles. The number of nitrogens with one attached hydrogen (secondary N) is 1. The second-order valence-corrected chi connectivity index (χ2v) is 4.16. The molecule has 1 heterocycles. The van der Waals surface area contributed by atoms with Crippen LogP contribution in [-0.4, -0.2) is 33.4 Å². The summed E-state index contributed by atoms with van der Waals surface area (Å²) >= 11 is 0. The summed E-state index contributed by atoms with van der Waals surface area (Å²) < 4.78 is 30.0. The van der Waals surface area contributed by atoms with E-state index >= 15 is 0 Å². The third kappa shape index (κ3) is 3.19. The zero-order chi connectivity index (χ0) is 16.3. The van der Waals surface area contributed by atoms with Crippen LogP contribution in [0.15, 0.2) is 30.5 Å². The SMILES string of the molecule is Cn1ncc(C(=O)O)c1C(=O)Nc1ccccc1OC(F)F. The molecular weight excluding hydrogens is 300 g/mol. The zero-order valence-electron chi connectivity index (χ0n) is 11.3. The van der Waals surface area contributed by atoms with Gasteiger partial charge >= 0.3 is 12.6 Å². The molecule has 0 spiro atoms. The first-order valence-corrected chi connectivity index (χ1v) is 6.00. The number of carboxylic acids is 1. The molecule has 0 bridgehead atoms. The van der Waals surface area contributed by atoms with Crippen molar-refractivity contribution in [1.29, 1.82) is 0 Å². The van der Waals surface area contributed by atoms with Crippen LogP contribution in [0.2, 0.25) is 0 Å². The first kappa shape index (κ1) is 15.4. The van der Waals surface area contributed by atoms with E-state index in [0.717, 1.165) is 10.9 Å². The van der Waals surface area contributed by atoms with Gasteiger partial charge in [0.2, 0.25) is 0 Å². The van der Waals surface area contributed by atoms with Crippen LogP contribution in [0.25, 0.3) is 0 Å². The summed E-state index contributed by atoms with van der Waals surface area (Å²) in [5.74, 6) is -2.36. The first-order valence-electron chi connectivity index (χ1n) is 6.00. The van der Waals surface area contributed by atoms with Crippen molar-refractivity contribution < 1.29 is 28.2 Å². The van der Waals surface area contributed by atoms with E-state index in [4.69, 9.17) is 5.11 Å². The largest absolute Gasteiger partial charge is 0.478 e. The molecule has 0 unspecified atom stereocenters. The van der Waals surface area contributed by atoms with Crippen molar-refractivity contribution in [1.82, 2.24) is 9.78 Å². The van der Waals surface area contributed by atoms with E-state index in [2.05, 4.69) is 15.2 Å². The molecule has 9 heteroatoms. The quantitative estimate of drug-likeness (QED) is 0.880. The molecule has 2 rings (SSSR count). The van der Waals surface area contributed by atoms with Crippen molar-refractivity contribution in [3.05, 3.63) is 41.7 Å². The van der Waals surface area contributed by atoms with Gasteiger partial charge in [-0.05, 0) is 12.1 Å². The molecule has 0 saturated carbocycles. The van der Waals surface area contributed by atoms with Crippen molar-refractivity contribution >= 4 is 17.6 Å². The maximum absolute atomic E-state index is 12.3. The molecule has 1 aromatic heterocycles. The summed E-state index contributed by atoms with van der Waals surface area (Å²) in [7, 11) is 1.39. The Morgan fingerprint density at radius 1 is 1.36 bits per heavy atom. The highest BCUT2D eigenvalue weighted by molar-refractivity contribution is 6.09. The number of hydrogen-bond acceptors (Lipinski definition) is 4. The van der Waals surface area contributed by atoms with Gasteiger partial charge in [0, 0.05) is 7.05 Å². The highest BCUT2D eigenvalue weighted by Gasteiger charge is 2.22. The summed E-state index contributed by atoms with van der Waals surface area (Å²) in [6, 6.07) is 5.57.